The summed E-state index contributed by atoms with van der Waals surface area (Å²) in [5.74, 6) is 0.507. The first-order valence-corrected chi connectivity index (χ1v) is 5.98. The molecule has 3 rings (SSSR count). The van der Waals surface area contributed by atoms with Crippen LogP contribution in [0.15, 0.2) is 42.7 Å². The fourth-order valence-electron chi connectivity index (χ4n) is 2.01. The molecule has 1 unspecified atom stereocenters. The Bertz CT molecular complexity index is 613. The second-order valence-corrected chi connectivity index (χ2v) is 4.36. The highest BCUT2D eigenvalue weighted by molar-refractivity contribution is 6.04. The molecule has 5 heteroatoms. The highest BCUT2D eigenvalue weighted by Gasteiger charge is 2.21. The largest absolute Gasteiger partial charge is 0.491 e. The zero-order valence-corrected chi connectivity index (χ0v) is 10.2. The third kappa shape index (κ3) is 2.28. The third-order valence-electron chi connectivity index (χ3n) is 3.03. The predicted octanol–water partition coefficient (Wildman–Crippen LogP) is 1.73. The maximum absolute atomic E-state index is 12.1. The fourth-order valence-corrected chi connectivity index (χ4v) is 2.01. The lowest BCUT2D eigenvalue weighted by atomic mass is 10.1. The van der Waals surface area contributed by atoms with Crippen LogP contribution in [0.1, 0.15) is 22.0 Å². The Morgan fingerprint density at radius 1 is 1.32 bits per heavy atom. The lowest BCUT2D eigenvalue weighted by Gasteiger charge is -2.06. The summed E-state index contributed by atoms with van der Waals surface area (Å²) in [6.07, 6.45) is 3.25. The first kappa shape index (κ1) is 11.7. The van der Waals surface area contributed by atoms with Crippen LogP contribution in [0.25, 0.3) is 0 Å². The van der Waals surface area contributed by atoms with E-state index >= 15 is 0 Å². The molecule has 96 valence electrons. The monoisotopic (exact) mass is 255 g/mol. The Kier molecular flexibility index (Phi) is 2.89. The van der Waals surface area contributed by atoms with E-state index in [4.69, 9.17) is 10.5 Å². The molecule has 3 N–H and O–H groups in total. The number of amides is 1. The van der Waals surface area contributed by atoms with Crippen molar-refractivity contribution >= 4 is 11.6 Å². The Balaban J connectivity index is 1.81. The van der Waals surface area contributed by atoms with E-state index in [0.29, 0.717) is 23.6 Å². The summed E-state index contributed by atoms with van der Waals surface area (Å²) in [4.78, 5) is 16.0. The van der Waals surface area contributed by atoms with Gasteiger partial charge in [-0.2, -0.15) is 0 Å². The molecule has 1 amide bonds. The molecule has 0 saturated heterocycles. The molecule has 0 saturated carbocycles. The van der Waals surface area contributed by atoms with Gasteiger partial charge in [0.1, 0.15) is 12.4 Å². The number of ether oxygens (including phenoxy) is 1. The van der Waals surface area contributed by atoms with Gasteiger partial charge in [-0.15, -0.1) is 0 Å². The van der Waals surface area contributed by atoms with Gasteiger partial charge in [0.2, 0.25) is 0 Å². The van der Waals surface area contributed by atoms with Crippen LogP contribution in [0, 0.1) is 0 Å². The van der Waals surface area contributed by atoms with Crippen LogP contribution in [-0.4, -0.2) is 17.5 Å². The van der Waals surface area contributed by atoms with E-state index in [1.807, 2.05) is 6.07 Å². The van der Waals surface area contributed by atoms with Gasteiger partial charge < -0.3 is 15.8 Å². The summed E-state index contributed by atoms with van der Waals surface area (Å²) in [7, 11) is 0. The fraction of sp³-hybridized carbons (Fsp3) is 0.143. The molecule has 2 heterocycles. The van der Waals surface area contributed by atoms with Crippen LogP contribution >= 0.6 is 0 Å². The highest BCUT2D eigenvalue weighted by atomic mass is 16.5. The Labute approximate surface area is 110 Å². The Morgan fingerprint density at radius 3 is 2.89 bits per heavy atom. The average Bonchev–Trinajstić information content (AvgIpc) is 2.81. The molecule has 19 heavy (non-hydrogen) atoms. The lowest BCUT2D eigenvalue weighted by Crippen LogP contribution is -2.12. The normalized spacial score (nSPS) is 16.6. The molecule has 1 aliphatic heterocycles. The van der Waals surface area contributed by atoms with E-state index in [1.54, 1.807) is 36.7 Å². The molecule has 0 radical (unpaired) electrons. The number of nitrogens with two attached hydrogens (primary N) is 1. The standard InChI is InChI=1S/C14H13N3O2/c15-12-8-19-13-7-9(1-2-11(12)13)14(18)17-10-3-5-16-6-4-10/h1-7,12H,8,15H2,(H,16,17,18). The van der Waals surface area contributed by atoms with E-state index in [1.165, 1.54) is 0 Å². The van der Waals surface area contributed by atoms with E-state index in [2.05, 4.69) is 10.3 Å². The highest BCUT2D eigenvalue weighted by Crippen LogP contribution is 2.31. The number of aromatic nitrogens is 1. The van der Waals surface area contributed by atoms with Gasteiger partial charge in [0.25, 0.3) is 5.91 Å². The van der Waals surface area contributed by atoms with Gasteiger partial charge in [0.15, 0.2) is 0 Å². The van der Waals surface area contributed by atoms with Crippen LogP contribution in [0.4, 0.5) is 5.69 Å². The second-order valence-electron chi connectivity index (χ2n) is 4.36. The number of nitrogens with zero attached hydrogens (tertiary/aromatic N) is 1. The van der Waals surface area contributed by atoms with E-state index in [0.717, 1.165) is 5.56 Å². The Hall–Kier alpha value is -2.40. The number of fused-ring (bicyclic) bond motifs is 1. The molecule has 5 nitrogen and oxygen atoms in total. The molecule has 1 atom stereocenters. The van der Waals surface area contributed by atoms with Crippen molar-refractivity contribution in [1.82, 2.24) is 4.98 Å². The van der Waals surface area contributed by atoms with Gasteiger partial charge in [-0.05, 0) is 24.3 Å². The number of anilines is 1. The summed E-state index contributed by atoms with van der Waals surface area (Å²) < 4.78 is 5.44. The van der Waals surface area contributed by atoms with Crippen molar-refractivity contribution in [3.63, 3.8) is 0 Å². The summed E-state index contributed by atoms with van der Waals surface area (Å²) in [5.41, 5.74) is 8.06. The minimum Gasteiger partial charge on any atom is -0.491 e. The number of hydrogen-bond donors (Lipinski definition) is 2. The maximum atomic E-state index is 12.1. The van der Waals surface area contributed by atoms with Crippen molar-refractivity contribution in [2.45, 2.75) is 6.04 Å². The minimum atomic E-state index is -0.182. The maximum Gasteiger partial charge on any atom is 0.255 e. The van der Waals surface area contributed by atoms with Gasteiger partial charge in [-0.3, -0.25) is 9.78 Å². The van der Waals surface area contributed by atoms with Crippen molar-refractivity contribution < 1.29 is 9.53 Å². The van der Waals surface area contributed by atoms with Gasteiger partial charge in [0.05, 0.1) is 6.04 Å². The van der Waals surface area contributed by atoms with Gasteiger partial charge in [0, 0.05) is 29.2 Å². The van der Waals surface area contributed by atoms with E-state index in [9.17, 15) is 4.79 Å². The molecule has 1 aliphatic rings. The quantitative estimate of drug-likeness (QED) is 0.856. The van der Waals surface area contributed by atoms with Crippen LogP contribution < -0.4 is 15.8 Å². The van der Waals surface area contributed by atoms with Crippen molar-refractivity contribution in [2.24, 2.45) is 5.73 Å². The molecular formula is C14H13N3O2. The van der Waals surface area contributed by atoms with Crippen molar-refractivity contribution in [3.05, 3.63) is 53.9 Å². The molecule has 0 fully saturated rings. The first-order valence-electron chi connectivity index (χ1n) is 5.98. The third-order valence-corrected chi connectivity index (χ3v) is 3.03. The number of nitrogens with one attached hydrogen (secondary N) is 1. The second kappa shape index (κ2) is 4.70. The molecule has 1 aromatic heterocycles. The minimum absolute atomic E-state index is 0.104. The number of rotatable bonds is 2. The summed E-state index contributed by atoms with van der Waals surface area (Å²) in [6, 6.07) is 8.68. The molecule has 0 aliphatic carbocycles. The zero-order valence-electron chi connectivity index (χ0n) is 10.2. The number of benzene rings is 1. The van der Waals surface area contributed by atoms with Crippen LogP contribution in [0.2, 0.25) is 0 Å². The van der Waals surface area contributed by atoms with Crippen LogP contribution in [0.5, 0.6) is 5.75 Å². The SMILES string of the molecule is NC1COc2cc(C(=O)Nc3ccncc3)ccc21. The van der Waals surface area contributed by atoms with Gasteiger partial charge in [-0.25, -0.2) is 0 Å². The molecular weight excluding hydrogens is 242 g/mol. The van der Waals surface area contributed by atoms with Crippen LogP contribution in [0.3, 0.4) is 0 Å². The molecule has 0 spiro atoms. The summed E-state index contributed by atoms with van der Waals surface area (Å²) in [5, 5.41) is 2.79. The zero-order chi connectivity index (χ0) is 13.2. The van der Waals surface area contributed by atoms with Crippen LogP contribution in [-0.2, 0) is 0 Å². The van der Waals surface area contributed by atoms with Gasteiger partial charge in [-0.1, -0.05) is 6.07 Å². The number of hydrogen-bond acceptors (Lipinski definition) is 4. The van der Waals surface area contributed by atoms with Gasteiger partial charge >= 0.3 is 0 Å². The Morgan fingerprint density at radius 2 is 2.11 bits per heavy atom. The topological polar surface area (TPSA) is 77.2 Å². The molecule has 0 bridgehead atoms. The van der Waals surface area contributed by atoms with E-state index < -0.39 is 0 Å². The number of pyridine rings is 1. The number of carbonyl (C=O) groups is 1. The predicted molar refractivity (Wildman–Crippen MR) is 71.1 cm³/mol. The van der Waals surface area contributed by atoms with Crippen molar-refractivity contribution in [3.8, 4) is 5.75 Å². The number of carbonyl (C=O) groups excluding carboxylic acids is 1. The molecule has 1 aromatic carbocycles. The first-order chi connectivity index (χ1) is 9.24. The smallest absolute Gasteiger partial charge is 0.255 e. The molecule has 2 aromatic rings. The lowest BCUT2D eigenvalue weighted by molar-refractivity contribution is 0.102. The van der Waals surface area contributed by atoms with Crippen molar-refractivity contribution in [1.29, 1.82) is 0 Å². The average molecular weight is 255 g/mol. The van der Waals surface area contributed by atoms with E-state index in [-0.39, 0.29) is 11.9 Å². The summed E-state index contributed by atoms with van der Waals surface area (Å²) >= 11 is 0. The summed E-state index contributed by atoms with van der Waals surface area (Å²) in [6.45, 7) is 0.463. The van der Waals surface area contributed by atoms with Crippen molar-refractivity contribution in [2.75, 3.05) is 11.9 Å².